The minimum atomic E-state index is 0.0993. The minimum absolute atomic E-state index is 0.0993. The molecule has 2 rings (SSSR count). The first-order valence-electron chi connectivity index (χ1n) is 4.59. The van der Waals surface area contributed by atoms with Gasteiger partial charge in [0.15, 0.2) is 0 Å². The van der Waals surface area contributed by atoms with Crippen molar-refractivity contribution < 1.29 is 4.74 Å². The minimum Gasteiger partial charge on any atom is -0.372 e. The molecule has 1 nitrogen and oxygen atoms in total. The van der Waals surface area contributed by atoms with Gasteiger partial charge in [0.1, 0.15) is 0 Å². The van der Waals surface area contributed by atoms with E-state index in [9.17, 15) is 0 Å². The van der Waals surface area contributed by atoms with Gasteiger partial charge in [0, 0.05) is 6.61 Å². The molecule has 2 atom stereocenters. The highest BCUT2D eigenvalue weighted by Gasteiger charge is 2.27. The van der Waals surface area contributed by atoms with Crippen LogP contribution in [-0.2, 0) is 4.74 Å². The summed E-state index contributed by atoms with van der Waals surface area (Å²) < 4.78 is 5.56. The van der Waals surface area contributed by atoms with Crippen molar-refractivity contribution in [1.29, 1.82) is 0 Å². The largest absolute Gasteiger partial charge is 0.372 e. The molecule has 1 fully saturated rings. The second-order valence-corrected chi connectivity index (χ2v) is 4.07. The van der Waals surface area contributed by atoms with Crippen LogP contribution in [0.2, 0.25) is 0 Å². The van der Waals surface area contributed by atoms with Crippen molar-refractivity contribution in [3.05, 3.63) is 35.4 Å². The summed E-state index contributed by atoms with van der Waals surface area (Å²) >= 11 is 6.13. The Hall–Kier alpha value is -0.530. The molecular weight excluding hydrogens is 184 g/mol. The molecule has 0 unspecified atom stereocenters. The van der Waals surface area contributed by atoms with E-state index in [-0.39, 0.29) is 11.5 Å². The summed E-state index contributed by atoms with van der Waals surface area (Å²) in [4.78, 5) is 0. The van der Waals surface area contributed by atoms with E-state index in [4.69, 9.17) is 16.3 Å². The molecule has 1 aliphatic rings. The first kappa shape index (κ1) is 9.04. The quantitative estimate of drug-likeness (QED) is 0.628. The number of ether oxygens (including phenoxy) is 1. The molecule has 2 heteroatoms. The van der Waals surface area contributed by atoms with Gasteiger partial charge in [-0.05, 0) is 18.9 Å². The number of aryl methyl sites for hydroxylation is 1. The average molecular weight is 197 g/mol. The Kier molecular flexibility index (Phi) is 2.56. The Morgan fingerprint density at radius 3 is 2.54 bits per heavy atom. The summed E-state index contributed by atoms with van der Waals surface area (Å²) in [6.45, 7) is 2.87. The Morgan fingerprint density at radius 1 is 1.31 bits per heavy atom. The van der Waals surface area contributed by atoms with Crippen molar-refractivity contribution in [3.8, 4) is 0 Å². The van der Waals surface area contributed by atoms with Crippen LogP contribution >= 0.6 is 11.6 Å². The molecule has 0 aliphatic carbocycles. The van der Waals surface area contributed by atoms with Crippen LogP contribution in [0, 0.1) is 6.92 Å². The topological polar surface area (TPSA) is 9.23 Å². The molecule has 1 heterocycles. The Balaban J connectivity index is 2.20. The molecule has 0 spiro atoms. The van der Waals surface area contributed by atoms with E-state index in [1.165, 1.54) is 11.1 Å². The van der Waals surface area contributed by atoms with Crippen LogP contribution in [0.3, 0.4) is 0 Å². The molecule has 0 aromatic heterocycles. The van der Waals surface area contributed by atoms with Crippen molar-refractivity contribution in [2.75, 3.05) is 6.61 Å². The molecule has 1 aromatic carbocycles. The van der Waals surface area contributed by atoms with Gasteiger partial charge in [-0.3, -0.25) is 0 Å². The molecule has 0 bridgehead atoms. The predicted molar refractivity (Wildman–Crippen MR) is 54.1 cm³/mol. The number of hydrogen-bond acceptors (Lipinski definition) is 1. The lowest BCUT2D eigenvalue weighted by Crippen LogP contribution is -2.06. The smallest absolute Gasteiger partial charge is 0.0989 e. The highest BCUT2D eigenvalue weighted by atomic mass is 35.5. The second-order valence-electron chi connectivity index (χ2n) is 3.51. The zero-order valence-electron chi connectivity index (χ0n) is 7.66. The standard InChI is InChI=1S/C11H13ClO/c1-8-2-4-9(5-3-8)11-10(12)6-7-13-11/h2-5,10-11H,6-7H2,1H3/t10-,11+/m1/s1. The van der Waals surface area contributed by atoms with E-state index in [1.54, 1.807) is 0 Å². The Bertz CT molecular complexity index is 281. The van der Waals surface area contributed by atoms with Crippen molar-refractivity contribution in [2.45, 2.75) is 24.8 Å². The summed E-state index contributed by atoms with van der Waals surface area (Å²) in [5.41, 5.74) is 2.47. The molecular formula is C11H13ClO. The van der Waals surface area contributed by atoms with Crippen molar-refractivity contribution in [1.82, 2.24) is 0 Å². The third-order valence-electron chi connectivity index (χ3n) is 2.43. The fraction of sp³-hybridized carbons (Fsp3) is 0.455. The number of alkyl halides is 1. The van der Waals surface area contributed by atoms with Crippen molar-refractivity contribution in [3.63, 3.8) is 0 Å². The monoisotopic (exact) mass is 196 g/mol. The zero-order valence-corrected chi connectivity index (χ0v) is 8.42. The fourth-order valence-corrected chi connectivity index (χ4v) is 1.93. The summed E-state index contributed by atoms with van der Waals surface area (Å²) in [7, 11) is 0. The molecule has 0 amide bonds. The Morgan fingerprint density at radius 2 is 2.00 bits per heavy atom. The molecule has 13 heavy (non-hydrogen) atoms. The van der Waals surface area contributed by atoms with Gasteiger partial charge in [0.25, 0.3) is 0 Å². The van der Waals surface area contributed by atoms with Gasteiger partial charge in [-0.2, -0.15) is 0 Å². The molecule has 1 aromatic rings. The zero-order chi connectivity index (χ0) is 9.26. The van der Waals surface area contributed by atoms with E-state index in [1.807, 2.05) is 0 Å². The summed E-state index contributed by atoms with van der Waals surface area (Å²) in [5.74, 6) is 0. The van der Waals surface area contributed by atoms with Gasteiger partial charge in [-0.1, -0.05) is 29.8 Å². The molecule has 1 saturated heterocycles. The lowest BCUT2D eigenvalue weighted by atomic mass is 10.1. The van der Waals surface area contributed by atoms with Crippen LogP contribution in [0.5, 0.6) is 0 Å². The van der Waals surface area contributed by atoms with Crippen molar-refractivity contribution in [2.24, 2.45) is 0 Å². The fourth-order valence-electron chi connectivity index (χ4n) is 1.62. The molecule has 0 saturated carbocycles. The van der Waals surface area contributed by atoms with Gasteiger partial charge < -0.3 is 4.74 Å². The molecule has 0 radical (unpaired) electrons. The van der Waals surface area contributed by atoms with Crippen molar-refractivity contribution >= 4 is 11.6 Å². The Labute approximate surface area is 83.7 Å². The van der Waals surface area contributed by atoms with Gasteiger partial charge >= 0.3 is 0 Å². The van der Waals surface area contributed by atoms with Crippen LogP contribution in [0.1, 0.15) is 23.7 Å². The van der Waals surface area contributed by atoms with Gasteiger partial charge in [-0.15, -0.1) is 11.6 Å². The first-order chi connectivity index (χ1) is 6.27. The lowest BCUT2D eigenvalue weighted by molar-refractivity contribution is 0.113. The predicted octanol–water partition coefficient (Wildman–Crippen LogP) is 3.06. The number of rotatable bonds is 1. The lowest BCUT2D eigenvalue weighted by Gasteiger charge is -2.13. The maximum absolute atomic E-state index is 6.13. The van der Waals surface area contributed by atoms with E-state index in [2.05, 4.69) is 31.2 Å². The van der Waals surface area contributed by atoms with Crippen LogP contribution in [0.4, 0.5) is 0 Å². The van der Waals surface area contributed by atoms with Crippen LogP contribution in [-0.4, -0.2) is 12.0 Å². The molecule has 70 valence electrons. The summed E-state index contributed by atoms with van der Waals surface area (Å²) in [6, 6.07) is 8.39. The SMILES string of the molecule is Cc1ccc([C@@H]2OCC[C@H]2Cl)cc1. The number of halogens is 1. The third-order valence-corrected chi connectivity index (χ3v) is 2.87. The summed E-state index contributed by atoms with van der Waals surface area (Å²) in [6.07, 6.45) is 1.06. The van der Waals surface area contributed by atoms with E-state index < -0.39 is 0 Å². The van der Waals surface area contributed by atoms with Crippen LogP contribution in [0.15, 0.2) is 24.3 Å². The van der Waals surface area contributed by atoms with Gasteiger partial charge in [0.05, 0.1) is 11.5 Å². The third kappa shape index (κ3) is 1.87. The number of benzene rings is 1. The number of hydrogen-bond donors (Lipinski definition) is 0. The van der Waals surface area contributed by atoms with Gasteiger partial charge in [0.2, 0.25) is 0 Å². The first-order valence-corrected chi connectivity index (χ1v) is 5.03. The van der Waals surface area contributed by atoms with Gasteiger partial charge in [-0.25, -0.2) is 0 Å². The normalized spacial score (nSPS) is 27.8. The maximum Gasteiger partial charge on any atom is 0.0989 e. The molecule has 1 aliphatic heterocycles. The van der Waals surface area contributed by atoms with E-state index in [0.29, 0.717) is 0 Å². The van der Waals surface area contributed by atoms with Crippen LogP contribution in [0.25, 0.3) is 0 Å². The van der Waals surface area contributed by atoms with Crippen LogP contribution < -0.4 is 0 Å². The second kappa shape index (κ2) is 3.69. The molecule has 0 N–H and O–H groups in total. The summed E-state index contributed by atoms with van der Waals surface area (Å²) in [5, 5.41) is 0.141. The van der Waals surface area contributed by atoms with E-state index >= 15 is 0 Å². The van der Waals surface area contributed by atoms with E-state index in [0.717, 1.165) is 13.0 Å². The highest BCUT2D eigenvalue weighted by Crippen LogP contribution is 2.32. The average Bonchev–Trinajstić information content (AvgIpc) is 2.53. The highest BCUT2D eigenvalue weighted by molar-refractivity contribution is 6.21. The maximum atomic E-state index is 6.13.